The summed E-state index contributed by atoms with van der Waals surface area (Å²) in [6.07, 6.45) is 3.76. The Bertz CT molecular complexity index is 1240. The molecule has 4 rings (SSSR count). The van der Waals surface area contributed by atoms with E-state index in [2.05, 4.69) is 12.2 Å². The van der Waals surface area contributed by atoms with Crippen LogP contribution in [0.3, 0.4) is 0 Å². The van der Waals surface area contributed by atoms with Crippen LogP contribution in [0.1, 0.15) is 60.2 Å². The lowest BCUT2D eigenvalue weighted by molar-refractivity contribution is -0.120. The first-order valence-corrected chi connectivity index (χ1v) is 12.9. The Hall–Kier alpha value is -3.65. The number of imide groups is 1. The number of piperidine rings is 1. The summed E-state index contributed by atoms with van der Waals surface area (Å²) < 4.78 is 5.19. The summed E-state index contributed by atoms with van der Waals surface area (Å²) in [5, 5.41) is 2.67. The molecule has 2 heterocycles. The largest absolute Gasteiger partial charge is 0.462 e. The number of hydrogen-bond donors (Lipinski definition) is 1. The molecule has 0 bridgehead atoms. The van der Waals surface area contributed by atoms with E-state index in [9.17, 15) is 19.2 Å². The average Bonchev–Trinajstić information content (AvgIpc) is 3.11. The fraction of sp³-hybridized carbons (Fsp3) is 0.357. The van der Waals surface area contributed by atoms with Crippen molar-refractivity contribution in [2.24, 2.45) is 5.92 Å². The van der Waals surface area contributed by atoms with Crippen molar-refractivity contribution in [3.05, 3.63) is 70.4 Å². The first kappa shape index (κ1) is 26.4. The topological polar surface area (TPSA) is 96.0 Å². The van der Waals surface area contributed by atoms with Gasteiger partial charge in [0.2, 0.25) is 0 Å². The van der Waals surface area contributed by atoms with E-state index in [-0.39, 0.29) is 22.3 Å². The quantitative estimate of drug-likeness (QED) is 0.299. The molecule has 0 radical (unpaired) electrons. The number of nitrogens with one attached hydrogen (secondary N) is 1. The maximum absolute atomic E-state index is 13.2. The van der Waals surface area contributed by atoms with Crippen molar-refractivity contribution in [1.82, 2.24) is 4.90 Å². The monoisotopic (exact) mass is 523 g/mol. The lowest BCUT2D eigenvalue weighted by atomic mass is 9.99. The smallest absolute Gasteiger partial charge is 0.338 e. The lowest BCUT2D eigenvalue weighted by Crippen LogP contribution is -2.39. The first-order chi connectivity index (χ1) is 17.8. The second kappa shape index (κ2) is 11.6. The van der Waals surface area contributed by atoms with Crippen molar-refractivity contribution in [3.8, 4) is 0 Å². The van der Waals surface area contributed by atoms with Crippen LogP contribution in [-0.4, -0.2) is 48.3 Å². The van der Waals surface area contributed by atoms with Gasteiger partial charge in [-0.1, -0.05) is 37.9 Å². The van der Waals surface area contributed by atoms with Crippen LogP contribution in [-0.2, 0) is 14.3 Å². The Morgan fingerprint density at radius 1 is 1.08 bits per heavy atom. The minimum atomic E-state index is -0.679. The van der Waals surface area contributed by atoms with Gasteiger partial charge in [-0.3, -0.25) is 14.4 Å². The molecule has 9 heteroatoms. The van der Waals surface area contributed by atoms with Crippen molar-refractivity contribution >= 4 is 46.7 Å². The Morgan fingerprint density at radius 3 is 2.54 bits per heavy atom. The molecule has 0 spiro atoms. The fourth-order valence-electron chi connectivity index (χ4n) is 4.42. The van der Waals surface area contributed by atoms with Crippen molar-refractivity contribution in [2.75, 3.05) is 29.9 Å². The molecule has 2 aromatic rings. The second-order valence-electron chi connectivity index (χ2n) is 9.38. The van der Waals surface area contributed by atoms with Gasteiger partial charge in [0.05, 0.1) is 17.9 Å². The predicted octanol–water partition coefficient (Wildman–Crippen LogP) is 4.95. The van der Waals surface area contributed by atoms with E-state index in [0.717, 1.165) is 37.1 Å². The van der Waals surface area contributed by atoms with Crippen molar-refractivity contribution in [3.63, 3.8) is 0 Å². The lowest BCUT2D eigenvalue weighted by Gasteiger charge is -2.31. The number of hydrogen-bond acceptors (Lipinski definition) is 6. The molecule has 194 valence electrons. The Morgan fingerprint density at radius 2 is 1.84 bits per heavy atom. The highest BCUT2D eigenvalue weighted by Crippen LogP contribution is 2.31. The molecule has 8 nitrogen and oxygen atoms in total. The van der Waals surface area contributed by atoms with Crippen LogP contribution in [0, 0.1) is 5.92 Å². The minimum Gasteiger partial charge on any atom is -0.462 e. The highest BCUT2D eigenvalue weighted by Gasteiger charge is 2.39. The predicted molar refractivity (Wildman–Crippen MR) is 141 cm³/mol. The summed E-state index contributed by atoms with van der Waals surface area (Å²) >= 11 is 6.27. The van der Waals surface area contributed by atoms with Gasteiger partial charge in [0, 0.05) is 24.3 Å². The number of ether oxygens (including phenoxy) is 1. The number of carbonyl (C=O) groups excluding carboxylic acids is 4. The first-order valence-electron chi connectivity index (χ1n) is 12.5. The molecule has 2 aliphatic heterocycles. The van der Waals surface area contributed by atoms with Crippen molar-refractivity contribution in [1.29, 1.82) is 0 Å². The number of rotatable bonds is 8. The zero-order valence-corrected chi connectivity index (χ0v) is 21.7. The zero-order chi connectivity index (χ0) is 26.5. The third-order valence-electron chi connectivity index (χ3n) is 6.44. The Labute approximate surface area is 221 Å². The van der Waals surface area contributed by atoms with Gasteiger partial charge in [-0.05, 0) is 67.6 Å². The van der Waals surface area contributed by atoms with E-state index in [1.54, 1.807) is 24.3 Å². The van der Waals surface area contributed by atoms with Crippen molar-refractivity contribution < 1.29 is 23.9 Å². The van der Waals surface area contributed by atoms with Crippen molar-refractivity contribution in [2.45, 2.75) is 39.5 Å². The summed E-state index contributed by atoms with van der Waals surface area (Å²) in [5.41, 5.74) is 1.48. The van der Waals surface area contributed by atoms with Gasteiger partial charge in [0.25, 0.3) is 17.7 Å². The second-order valence-corrected chi connectivity index (χ2v) is 9.75. The summed E-state index contributed by atoms with van der Waals surface area (Å²) in [7, 11) is 0. The average molecular weight is 524 g/mol. The maximum Gasteiger partial charge on any atom is 0.338 e. The molecule has 1 N–H and O–H groups in total. The van der Waals surface area contributed by atoms with E-state index >= 15 is 0 Å². The van der Waals surface area contributed by atoms with Gasteiger partial charge >= 0.3 is 5.97 Å². The van der Waals surface area contributed by atoms with E-state index in [0.29, 0.717) is 35.9 Å². The summed E-state index contributed by atoms with van der Waals surface area (Å²) in [6.45, 7) is 5.90. The van der Waals surface area contributed by atoms with Gasteiger partial charge < -0.3 is 15.0 Å². The number of halogens is 1. The molecule has 0 saturated carbocycles. The summed E-state index contributed by atoms with van der Waals surface area (Å²) in [5.74, 6) is -1.39. The molecular formula is C28H30ClN3O5. The number of carbonyl (C=O) groups is 4. The van der Waals surface area contributed by atoms with Gasteiger partial charge in [-0.25, -0.2) is 9.69 Å². The number of anilines is 2. The molecule has 1 unspecified atom stereocenters. The molecule has 37 heavy (non-hydrogen) atoms. The number of unbranched alkanes of at least 4 members (excludes halogenated alkanes) is 1. The number of esters is 1. The summed E-state index contributed by atoms with van der Waals surface area (Å²) in [6, 6.07) is 12.8. The molecule has 0 aromatic heterocycles. The molecule has 3 amide bonds. The minimum absolute atomic E-state index is 0.0703. The van der Waals surface area contributed by atoms with E-state index < -0.39 is 17.8 Å². The van der Waals surface area contributed by atoms with Gasteiger partial charge in [-0.15, -0.1) is 0 Å². The highest BCUT2D eigenvalue weighted by atomic mass is 35.5. The number of likely N-dealkylation sites (tertiary alicyclic amines) is 1. The number of benzene rings is 2. The van der Waals surface area contributed by atoms with Crippen LogP contribution in [0.5, 0.6) is 0 Å². The third-order valence-corrected chi connectivity index (χ3v) is 6.79. The molecule has 0 aliphatic carbocycles. The van der Waals surface area contributed by atoms with E-state index in [1.807, 2.05) is 11.8 Å². The van der Waals surface area contributed by atoms with Crippen LogP contribution in [0.25, 0.3) is 0 Å². The van der Waals surface area contributed by atoms with Gasteiger partial charge in [-0.2, -0.15) is 0 Å². The standard InChI is InChI=1S/C28H30ClN3O5/c1-3-4-15-37-28(36)19-10-12-22(13-11-19)32-26(34)23(29)24(27(32)35)30-21-9-5-8-20(16-21)25(33)31-14-6-7-18(2)17-31/h5,8-13,16,18,30H,3-4,6-7,14-15,17H2,1-2H3. The van der Waals surface area contributed by atoms with Crippen LogP contribution in [0.4, 0.5) is 11.4 Å². The van der Waals surface area contributed by atoms with Crippen LogP contribution in [0.15, 0.2) is 59.3 Å². The molecule has 2 aliphatic rings. The zero-order valence-electron chi connectivity index (χ0n) is 21.0. The molecule has 1 fully saturated rings. The fourth-order valence-corrected chi connectivity index (χ4v) is 4.63. The van der Waals surface area contributed by atoms with Gasteiger partial charge in [0.15, 0.2) is 0 Å². The van der Waals surface area contributed by atoms with Crippen LogP contribution in [0.2, 0.25) is 0 Å². The Balaban J connectivity index is 1.47. The molecule has 1 saturated heterocycles. The molecular weight excluding hydrogens is 494 g/mol. The highest BCUT2D eigenvalue weighted by molar-refractivity contribution is 6.53. The summed E-state index contributed by atoms with van der Waals surface area (Å²) in [4.78, 5) is 53.9. The van der Waals surface area contributed by atoms with E-state index in [4.69, 9.17) is 16.3 Å². The maximum atomic E-state index is 13.2. The molecule has 2 aromatic carbocycles. The SMILES string of the molecule is CCCCOC(=O)c1ccc(N2C(=O)C(Cl)=C(Nc3cccc(C(=O)N4CCCC(C)C4)c3)C2=O)cc1. The van der Waals surface area contributed by atoms with E-state index in [1.165, 1.54) is 24.3 Å². The van der Waals surface area contributed by atoms with Crippen LogP contribution >= 0.6 is 11.6 Å². The third kappa shape index (κ3) is 5.85. The van der Waals surface area contributed by atoms with Crippen LogP contribution < -0.4 is 10.2 Å². The number of nitrogens with zero attached hydrogens (tertiary/aromatic N) is 2. The molecule has 1 atom stereocenters. The number of amides is 3. The van der Waals surface area contributed by atoms with Gasteiger partial charge in [0.1, 0.15) is 10.7 Å². The normalized spacial score (nSPS) is 17.9. The Kier molecular flexibility index (Phi) is 8.28.